The monoisotopic (exact) mass is 471 g/mol. The van der Waals surface area contributed by atoms with Crippen LogP contribution in [-0.4, -0.2) is 46.7 Å². The molecule has 32 heavy (non-hydrogen) atoms. The number of thioether (sulfide) groups is 1. The molecular weight excluding hydrogens is 446 g/mol. The van der Waals surface area contributed by atoms with Crippen molar-refractivity contribution in [1.82, 2.24) is 14.9 Å². The molecule has 1 amide bonds. The molecule has 0 aliphatic carbocycles. The van der Waals surface area contributed by atoms with E-state index in [4.69, 9.17) is 4.98 Å². The van der Waals surface area contributed by atoms with Gasteiger partial charge in [0.05, 0.1) is 33.3 Å². The average Bonchev–Trinajstić information content (AvgIpc) is 3.08. The summed E-state index contributed by atoms with van der Waals surface area (Å²) in [6, 6.07) is 12.7. The van der Waals surface area contributed by atoms with E-state index in [1.54, 1.807) is 29.7 Å². The third-order valence-corrected chi connectivity index (χ3v) is 8.40. The fourth-order valence-electron chi connectivity index (χ4n) is 3.80. The largest absolute Gasteiger partial charge is 0.351 e. The predicted octanol–water partition coefficient (Wildman–Crippen LogP) is 2.79. The number of fused-ring (bicyclic) bond motifs is 1. The Bertz CT molecular complexity index is 1370. The Hall–Kier alpha value is -2.65. The Morgan fingerprint density at radius 1 is 1.22 bits per heavy atom. The van der Waals surface area contributed by atoms with Crippen molar-refractivity contribution in [3.63, 3.8) is 0 Å². The van der Waals surface area contributed by atoms with Crippen LogP contribution < -0.4 is 10.9 Å². The van der Waals surface area contributed by atoms with Gasteiger partial charge in [0.2, 0.25) is 5.91 Å². The molecule has 0 spiro atoms. The number of sulfone groups is 1. The van der Waals surface area contributed by atoms with Crippen molar-refractivity contribution in [3.8, 4) is 5.69 Å². The van der Waals surface area contributed by atoms with Crippen molar-refractivity contribution in [1.29, 1.82) is 0 Å². The van der Waals surface area contributed by atoms with Crippen LogP contribution in [0.2, 0.25) is 0 Å². The lowest BCUT2D eigenvalue weighted by Gasteiger charge is -2.19. The van der Waals surface area contributed by atoms with E-state index >= 15 is 0 Å². The summed E-state index contributed by atoms with van der Waals surface area (Å²) in [5.41, 5.74) is 3.03. The number of hydrogen-bond acceptors (Lipinski definition) is 6. The van der Waals surface area contributed by atoms with Crippen molar-refractivity contribution in [3.05, 3.63) is 63.9 Å². The maximum atomic E-state index is 13.5. The van der Waals surface area contributed by atoms with Crippen LogP contribution in [0.4, 0.5) is 0 Å². The molecule has 168 valence electrons. The van der Waals surface area contributed by atoms with Gasteiger partial charge in [0.15, 0.2) is 15.0 Å². The number of carbonyl (C=O) groups is 1. The van der Waals surface area contributed by atoms with Gasteiger partial charge in [-0.05, 0) is 56.5 Å². The van der Waals surface area contributed by atoms with Gasteiger partial charge in [0, 0.05) is 6.04 Å². The van der Waals surface area contributed by atoms with E-state index in [1.807, 2.05) is 38.1 Å². The molecule has 0 radical (unpaired) electrons. The quantitative estimate of drug-likeness (QED) is 0.454. The van der Waals surface area contributed by atoms with Crippen LogP contribution in [0.25, 0.3) is 16.6 Å². The first kappa shape index (κ1) is 22.5. The van der Waals surface area contributed by atoms with Crippen LogP contribution in [0, 0.1) is 13.8 Å². The van der Waals surface area contributed by atoms with Crippen molar-refractivity contribution >= 4 is 38.4 Å². The van der Waals surface area contributed by atoms with Crippen LogP contribution in [0.1, 0.15) is 24.5 Å². The number of aromatic nitrogens is 2. The fourth-order valence-corrected chi connectivity index (χ4v) is 6.41. The summed E-state index contributed by atoms with van der Waals surface area (Å²) in [5.74, 6) is -0.206. The molecule has 7 nitrogen and oxygen atoms in total. The van der Waals surface area contributed by atoms with Crippen molar-refractivity contribution in [2.75, 3.05) is 11.5 Å². The van der Waals surface area contributed by atoms with E-state index in [0.717, 1.165) is 16.8 Å². The summed E-state index contributed by atoms with van der Waals surface area (Å²) in [5, 5.41) is 3.19. The maximum Gasteiger partial charge on any atom is 0.266 e. The SMILES string of the molecule is Cc1ccc(C)c(-n2c(SC(C)C(=O)NC3CCS(=O)(=O)C3)nc3ccccc3c2=O)c1. The molecule has 3 aromatic rings. The van der Waals surface area contributed by atoms with E-state index in [0.29, 0.717) is 22.5 Å². The van der Waals surface area contributed by atoms with Crippen LogP contribution in [0.15, 0.2) is 52.4 Å². The Morgan fingerprint density at radius 2 is 1.97 bits per heavy atom. The molecule has 2 aromatic carbocycles. The number of carbonyl (C=O) groups excluding carboxylic acids is 1. The summed E-state index contributed by atoms with van der Waals surface area (Å²) in [6.45, 7) is 5.63. The smallest absolute Gasteiger partial charge is 0.266 e. The first-order chi connectivity index (χ1) is 15.1. The third-order valence-electron chi connectivity index (χ3n) is 5.58. The van der Waals surface area contributed by atoms with Gasteiger partial charge in [-0.15, -0.1) is 0 Å². The van der Waals surface area contributed by atoms with Gasteiger partial charge in [0.25, 0.3) is 5.56 Å². The summed E-state index contributed by atoms with van der Waals surface area (Å²) in [4.78, 5) is 31.0. The zero-order valence-electron chi connectivity index (χ0n) is 18.2. The molecule has 0 saturated carbocycles. The summed E-state index contributed by atoms with van der Waals surface area (Å²) in [7, 11) is -3.09. The number of para-hydroxylation sites is 1. The van der Waals surface area contributed by atoms with Gasteiger partial charge in [-0.25, -0.2) is 13.4 Å². The first-order valence-electron chi connectivity index (χ1n) is 10.4. The predicted molar refractivity (Wildman–Crippen MR) is 127 cm³/mol. The van der Waals surface area contributed by atoms with E-state index in [9.17, 15) is 18.0 Å². The zero-order valence-corrected chi connectivity index (χ0v) is 19.8. The number of benzene rings is 2. The van der Waals surface area contributed by atoms with E-state index in [1.165, 1.54) is 11.8 Å². The van der Waals surface area contributed by atoms with Crippen LogP contribution in [0.5, 0.6) is 0 Å². The molecule has 2 unspecified atom stereocenters. The highest BCUT2D eigenvalue weighted by atomic mass is 32.2. The van der Waals surface area contributed by atoms with E-state index in [2.05, 4.69) is 5.32 Å². The lowest BCUT2D eigenvalue weighted by molar-refractivity contribution is -0.120. The molecule has 1 aliphatic heterocycles. The molecule has 1 aliphatic rings. The molecule has 0 bridgehead atoms. The second kappa shape index (κ2) is 8.71. The highest BCUT2D eigenvalue weighted by Crippen LogP contribution is 2.27. The van der Waals surface area contributed by atoms with E-state index in [-0.39, 0.29) is 29.0 Å². The van der Waals surface area contributed by atoms with Crippen molar-refractivity contribution in [2.24, 2.45) is 0 Å². The van der Waals surface area contributed by atoms with Gasteiger partial charge in [-0.3, -0.25) is 14.2 Å². The normalized spacial score (nSPS) is 18.5. The minimum Gasteiger partial charge on any atom is -0.351 e. The van der Waals surface area contributed by atoms with Gasteiger partial charge >= 0.3 is 0 Å². The van der Waals surface area contributed by atoms with Crippen molar-refractivity contribution < 1.29 is 13.2 Å². The van der Waals surface area contributed by atoms with Crippen molar-refractivity contribution in [2.45, 2.75) is 43.6 Å². The Labute approximate surface area is 191 Å². The summed E-state index contributed by atoms with van der Waals surface area (Å²) in [6.07, 6.45) is 0.423. The molecule has 1 fully saturated rings. The third kappa shape index (κ3) is 4.59. The summed E-state index contributed by atoms with van der Waals surface area (Å²) >= 11 is 1.19. The van der Waals surface area contributed by atoms with Gasteiger partial charge in [0.1, 0.15) is 0 Å². The second-order valence-electron chi connectivity index (χ2n) is 8.21. The Balaban J connectivity index is 1.72. The number of rotatable bonds is 5. The fraction of sp³-hybridized carbons (Fsp3) is 0.348. The number of nitrogens with one attached hydrogen (secondary N) is 1. The lowest BCUT2D eigenvalue weighted by Crippen LogP contribution is -2.40. The zero-order chi connectivity index (χ0) is 23.0. The number of hydrogen-bond donors (Lipinski definition) is 1. The van der Waals surface area contributed by atoms with Gasteiger partial charge in [-0.1, -0.05) is 36.0 Å². The molecule has 2 heterocycles. The standard InChI is InChI=1S/C23H25N3O4S2/c1-14-8-9-15(2)20(12-14)26-22(28)18-6-4-5-7-19(18)25-23(26)31-16(3)21(27)24-17-10-11-32(29,30)13-17/h4-9,12,16-17H,10-11,13H2,1-3H3,(H,24,27). The Morgan fingerprint density at radius 3 is 2.69 bits per heavy atom. The van der Waals surface area contributed by atoms with E-state index < -0.39 is 15.1 Å². The maximum absolute atomic E-state index is 13.5. The van der Waals surface area contributed by atoms with Gasteiger partial charge in [-0.2, -0.15) is 0 Å². The molecular formula is C23H25N3O4S2. The average molecular weight is 472 g/mol. The van der Waals surface area contributed by atoms with Crippen LogP contribution in [-0.2, 0) is 14.6 Å². The lowest BCUT2D eigenvalue weighted by atomic mass is 10.1. The van der Waals surface area contributed by atoms with Crippen LogP contribution >= 0.6 is 11.8 Å². The molecule has 4 rings (SSSR count). The molecule has 1 aromatic heterocycles. The molecule has 2 atom stereocenters. The topological polar surface area (TPSA) is 98.1 Å². The molecule has 9 heteroatoms. The van der Waals surface area contributed by atoms with Crippen LogP contribution in [0.3, 0.4) is 0 Å². The highest BCUT2D eigenvalue weighted by molar-refractivity contribution is 8.00. The first-order valence-corrected chi connectivity index (χ1v) is 13.1. The Kier molecular flexibility index (Phi) is 6.13. The second-order valence-corrected chi connectivity index (χ2v) is 11.7. The summed E-state index contributed by atoms with van der Waals surface area (Å²) < 4.78 is 25.0. The van der Waals surface area contributed by atoms with Gasteiger partial charge < -0.3 is 5.32 Å². The number of nitrogens with zero attached hydrogens (tertiary/aromatic N) is 2. The molecule has 1 saturated heterocycles. The minimum atomic E-state index is -3.09. The highest BCUT2D eigenvalue weighted by Gasteiger charge is 2.30. The molecule has 1 N–H and O–H groups in total. The number of amides is 1. The number of aryl methyl sites for hydroxylation is 2. The minimum absolute atomic E-state index is 0.0302.